The summed E-state index contributed by atoms with van der Waals surface area (Å²) < 4.78 is 1.08. The van der Waals surface area contributed by atoms with Crippen molar-refractivity contribution in [2.75, 3.05) is 0 Å². The molecule has 4 heteroatoms. The van der Waals surface area contributed by atoms with Crippen LogP contribution in [-0.4, -0.2) is 10.2 Å². The van der Waals surface area contributed by atoms with Gasteiger partial charge in [-0.2, -0.15) is 0 Å². The molecular weight excluding hydrogens is 307 g/mol. The molecule has 0 aromatic carbocycles. The first kappa shape index (κ1) is 10.8. The van der Waals surface area contributed by atoms with Gasteiger partial charge in [0.1, 0.15) is 5.01 Å². The standard InChI is InChI=1S/C10H15IN2S/c11-10-13-12-9(14-10)7-8-5-3-1-2-4-6-8/h8H,1-7H2. The number of hydrogen-bond donors (Lipinski definition) is 0. The van der Waals surface area contributed by atoms with Gasteiger partial charge in [-0.25, -0.2) is 0 Å². The molecule has 2 rings (SSSR count). The Hall–Kier alpha value is 0.290. The summed E-state index contributed by atoms with van der Waals surface area (Å²) in [6.07, 6.45) is 9.67. The molecule has 1 aromatic rings. The quantitative estimate of drug-likeness (QED) is 0.613. The molecule has 0 radical (unpaired) electrons. The van der Waals surface area contributed by atoms with Gasteiger partial charge in [-0.05, 0) is 28.5 Å². The molecule has 1 heterocycles. The molecule has 0 spiro atoms. The minimum Gasteiger partial charge on any atom is -0.143 e. The molecule has 0 N–H and O–H groups in total. The molecular formula is C10H15IN2S. The van der Waals surface area contributed by atoms with Crippen molar-refractivity contribution in [1.29, 1.82) is 0 Å². The molecule has 0 saturated heterocycles. The highest BCUT2D eigenvalue weighted by Gasteiger charge is 2.14. The molecule has 1 saturated carbocycles. The largest absolute Gasteiger partial charge is 0.178 e. The van der Waals surface area contributed by atoms with Crippen molar-refractivity contribution in [1.82, 2.24) is 10.2 Å². The molecule has 1 aliphatic rings. The lowest BCUT2D eigenvalue weighted by Gasteiger charge is -2.10. The lowest BCUT2D eigenvalue weighted by atomic mass is 9.97. The van der Waals surface area contributed by atoms with Crippen molar-refractivity contribution in [3.8, 4) is 0 Å². The zero-order chi connectivity index (χ0) is 9.80. The first-order valence-electron chi connectivity index (χ1n) is 5.32. The maximum atomic E-state index is 4.20. The number of hydrogen-bond acceptors (Lipinski definition) is 3. The Kier molecular flexibility index (Phi) is 4.16. The van der Waals surface area contributed by atoms with Gasteiger partial charge in [-0.1, -0.05) is 49.9 Å². The van der Waals surface area contributed by atoms with Crippen molar-refractivity contribution >= 4 is 33.9 Å². The molecule has 78 valence electrons. The highest BCUT2D eigenvalue weighted by atomic mass is 127. The van der Waals surface area contributed by atoms with Crippen molar-refractivity contribution in [3.63, 3.8) is 0 Å². The number of nitrogens with zero attached hydrogens (tertiary/aromatic N) is 2. The van der Waals surface area contributed by atoms with E-state index in [0.29, 0.717) is 0 Å². The topological polar surface area (TPSA) is 25.8 Å². The molecule has 0 aliphatic heterocycles. The van der Waals surface area contributed by atoms with Crippen LogP contribution in [0.15, 0.2) is 0 Å². The Bertz CT molecular complexity index is 279. The van der Waals surface area contributed by atoms with Gasteiger partial charge in [0.05, 0.1) is 0 Å². The summed E-state index contributed by atoms with van der Waals surface area (Å²) in [5, 5.41) is 9.50. The van der Waals surface area contributed by atoms with Crippen LogP contribution in [0.4, 0.5) is 0 Å². The third kappa shape index (κ3) is 3.15. The number of rotatable bonds is 2. The minimum atomic E-state index is 0.876. The van der Waals surface area contributed by atoms with E-state index in [-0.39, 0.29) is 0 Å². The van der Waals surface area contributed by atoms with E-state index in [1.807, 2.05) is 0 Å². The molecule has 0 bridgehead atoms. The average molecular weight is 322 g/mol. The first-order chi connectivity index (χ1) is 6.84. The molecule has 0 amide bonds. The summed E-state index contributed by atoms with van der Waals surface area (Å²) in [5.41, 5.74) is 0. The second kappa shape index (κ2) is 5.39. The van der Waals surface area contributed by atoms with E-state index in [2.05, 4.69) is 32.8 Å². The van der Waals surface area contributed by atoms with Gasteiger partial charge in [-0.15, -0.1) is 10.2 Å². The first-order valence-corrected chi connectivity index (χ1v) is 7.22. The second-order valence-electron chi connectivity index (χ2n) is 4.01. The van der Waals surface area contributed by atoms with Crippen LogP contribution < -0.4 is 0 Å². The van der Waals surface area contributed by atoms with Crippen LogP contribution in [0.25, 0.3) is 0 Å². The summed E-state index contributed by atoms with van der Waals surface area (Å²) in [7, 11) is 0. The van der Waals surface area contributed by atoms with Crippen LogP contribution in [0, 0.1) is 8.93 Å². The smallest absolute Gasteiger partial charge is 0.143 e. The molecule has 14 heavy (non-hydrogen) atoms. The summed E-state index contributed by atoms with van der Waals surface area (Å²) >= 11 is 4.00. The highest BCUT2D eigenvalue weighted by molar-refractivity contribution is 14.1. The van der Waals surface area contributed by atoms with Crippen LogP contribution in [0.2, 0.25) is 0 Å². The second-order valence-corrected chi connectivity index (χ2v) is 6.83. The van der Waals surface area contributed by atoms with Crippen molar-refractivity contribution in [2.24, 2.45) is 5.92 Å². The summed E-state index contributed by atoms with van der Waals surface area (Å²) in [6, 6.07) is 0. The SMILES string of the molecule is Ic1nnc(CC2CCCCCC2)s1. The van der Waals surface area contributed by atoms with Crippen LogP contribution >= 0.6 is 33.9 Å². The Morgan fingerprint density at radius 1 is 1.14 bits per heavy atom. The molecule has 1 aromatic heterocycles. The van der Waals surface area contributed by atoms with E-state index in [0.717, 1.165) is 8.93 Å². The van der Waals surface area contributed by atoms with Crippen LogP contribution in [0.3, 0.4) is 0 Å². The molecule has 0 unspecified atom stereocenters. The lowest BCUT2D eigenvalue weighted by Crippen LogP contribution is -2.02. The van der Waals surface area contributed by atoms with E-state index in [1.54, 1.807) is 11.3 Å². The Labute approximate surface area is 103 Å². The Morgan fingerprint density at radius 2 is 1.86 bits per heavy atom. The van der Waals surface area contributed by atoms with Crippen molar-refractivity contribution < 1.29 is 0 Å². The van der Waals surface area contributed by atoms with Gasteiger partial charge in [-0.3, -0.25) is 0 Å². The van der Waals surface area contributed by atoms with Gasteiger partial charge in [0.25, 0.3) is 0 Å². The summed E-state index contributed by atoms with van der Waals surface area (Å²) in [6.45, 7) is 0. The van der Waals surface area contributed by atoms with Crippen LogP contribution in [-0.2, 0) is 6.42 Å². The Balaban J connectivity index is 1.89. The maximum absolute atomic E-state index is 4.20. The average Bonchev–Trinajstić information content (AvgIpc) is 2.43. The van der Waals surface area contributed by atoms with E-state index < -0.39 is 0 Å². The predicted molar refractivity (Wildman–Crippen MR) is 67.5 cm³/mol. The Morgan fingerprint density at radius 3 is 2.43 bits per heavy atom. The molecule has 0 atom stereocenters. The van der Waals surface area contributed by atoms with Gasteiger partial charge in [0.2, 0.25) is 0 Å². The van der Waals surface area contributed by atoms with E-state index in [9.17, 15) is 0 Å². The zero-order valence-corrected chi connectivity index (χ0v) is 11.2. The summed E-state index contributed by atoms with van der Waals surface area (Å²) in [5.74, 6) is 0.876. The number of halogens is 1. The van der Waals surface area contributed by atoms with Crippen LogP contribution in [0.5, 0.6) is 0 Å². The van der Waals surface area contributed by atoms with Gasteiger partial charge < -0.3 is 0 Å². The molecule has 1 fully saturated rings. The fourth-order valence-corrected chi connectivity index (χ4v) is 3.68. The third-order valence-corrected chi connectivity index (χ3v) is 4.49. The van der Waals surface area contributed by atoms with E-state index >= 15 is 0 Å². The van der Waals surface area contributed by atoms with Crippen molar-refractivity contribution in [3.05, 3.63) is 8.02 Å². The zero-order valence-electron chi connectivity index (χ0n) is 8.21. The third-order valence-electron chi connectivity index (χ3n) is 2.88. The maximum Gasteiger partial charge on any atom is 0.178 e. The van der Waals surface area contributed by atoms with E-state index in [4.69, 9.17) is 0 Å². The molecule has 1 aliphatic carbocycles. The normalized spacial score (nSPS) is 19.5. The monoisotopic (exact) mass is 322 g/mol. The predicted octanol–water partition coefficient (Wildman–Crippen LogP) is 3.66. The van der Waals surface area contributed by atoms with Gasteiger partial charge >= 0.3 is 0 Å². The fraction of sp³-hybridized carbons (Fsp3) is 0.800. The van der Waals surface area contributed by atoms with Gasteiger partial charge in [0.15, 0.2) is 3.01 Å². The van der Waals surface area contributed by atoms with Gasteiger partial charge in [0, 0.05) is 6.42 Å². The van der Waals surface area contributed by atoms with Crippen molar-refractivity contribution in [2.45, 2.75) is 44.9 Å². The fourth-order valence-electron chi connectivity index (χ4n) is 2.13. The minimum absolute atomic E-state index is 0.876. The van der Waals surface area contributed by atoms with E-state index in [1.165, 1.54) is 50.0 Å². The molecule has 2 nitrogen and oxygen atoms in total. The van der Waals surface area contributed by atoms with Crippen LogP contribution in [0.1, 0.15) is 43.5 Å². The number of aromatic nitrogens is 2. The highest BCUT2D eigenvalue weighted by Crippen LogP contribution is 2.27. The summed E-state index contributed by atoms with van der Waals surface area (Å²) in [4.78, 5) is 0. The lowest BCUT2D eigenvalue weighted by molar-refractivity contribution is 0.456.